The number of amides is 1. The Balaban J connectivity index is 3.37. The summed E-state index contributed by atoms with van der Waals surface area (Å²) in [5, 5.41) is 23.3. The SMILES string of the molecule is CCCCCC/C=C\C/C=C\CCCCCCCC(=O)OCCCCCCCCCCCCCCCCCCCCCCCCCCCCCCC(=O)NC(CO)C(O)/C=C/CCCCCCCCCCCCCCCCCCCC. The Labute approximate surface area is 506 Å². The molecule has 0 aliphatic carbocycles. The van der Waals surface area contributed by atoms with Crippen LogP contribution in [-0.2, 0) is 14.3 Å². The zero-order valence-electron chi connectivity index (χ0n) is 54.8. The number of carbonyl (C=O) groups is 2. The molecule has 0 saturated heterocycles. The van der Waals surface area contributed by atoms with Crippen LogP contribution in [0.25, 0.3) is 0 Å². The molecule has 6 heteroatoms. The van der Waals surface area contributed by atoms with E-state index in [1.165, 1.54) is 327 Å². The van der Waals surface area contributed by atoms with Crippen molar-refractivity contribution in [2.24, 2.45) is 0 Å². The molecule has 0 saturated carbocycles. The molecule has 0 aliphatic heterocycles. The summed E-state index contributed by atoms with van der Waals surface area (Å²) in [5.41, 5.74) is 0. The molecular formula is C75H143NO5. The first-order valence-electron chi connectivity index (χ1n) is 36.8. The molecule has 6 nitrogen and oxygen atoms in total. The van der Waals surface area contributed by atoms with E-state index < -0.39 is 12.1 Å². The lowest BCUT2D eigenvalue weighted by Gasteiger charge is -2.20. The van der Waals surface area contributed by atoms with Gasteiger partial charge in [0.25, 0.3) is 0 Å². The van der Waals surface area contributed by atoms with Crippen molar-refractivity contribution in [1.29, 1.82) is 0 Å². The lowest BCUT2D eigenvalue weighted by Crippen LogP contribution is -2.45. The van der Waals surface area contributed by atoms with Gasteiger partial charge < -0.3 is 20.3 Å². The minimum atomic E-state index is -0.843. The zero-order chi connectivity index (χ0) is 58.5. The van der Waals surface area contributed by atoms with Crippen molar-refractivity contribution in [2.75, 3.05) is 13.2 Å². The highest BCUT2D eigenvalue weighted by Gasteiger charge is 2.18. The van der Waals surface area contributed by atoms with Crippen LogP contribution in [0.2, 0.25) is 0 Å². The summed E-state index contributed by atoms with van der Waals surface area (Å²) < 4.78 is 5.49. The van der Waals surface area contributed by atoms with E-state index in [0.29, 0.717) is 19.4 Å². The fourth-order valence-corrected chi connectivity index (χ4v) is 11.6. The van der Waals surface area contributed by atoms with Crippen molar-refractivity contribution in [2.45, 2.75) is 418 Å². The molecule has 3 N–H and O–H groups in total. The van der Waals surface area contributed by atoms with E-state index in [2.05, 4.69) is 43.5 Å². The van der Waals surface area contributed by atoms with E-state index in [0.717, 1.165) is 51.4 Å². The minimum absolute atomic E-state index is 0.00550. The lowest BCUT2D eigenvalue weighted by molar-refractivity contribution is -0.143. The Kier molecular flexibility index (Phi) is 68.9. The molecule has 0 rings (SSSR count). The summed E-state index contributed by atoms with van der Waals surface area (Å²) >= 11 is 0. The zero-order valence-corrected chi connectivity index (χ0v) is 54.8. The van der Waals surface area contributed by atoms with E-state index in [1.807, 2.05) is 6.08 Å². The average molecular weight is 1140 g/mol. The number of unbranched alkanes of at least 4 members (excludes halogenated alkanes) is 54. The third-order valence-electron chi connectivity index (χ3n) is 17.2. The molecule has 0 bridgehead atoms. The van der Waals surface area contributed by atoms with E-state index in [-0.39, 0.29) is 18.5 Å². The maximum atomic E-state index is 12.5. The molecule has 0 fully saturated rings. The number of hydrogen-bond donors (Lipinski definition) is 3. The van der Waals surface area contributed by atoms with Gasteiger partial charge in [-0.15, -0.1) is 0 Å². The number of allylic oxidation sites excluding steroid dienone is 5. The monoisotopic (exact) mass is 1140 g/mol. The molecule has 2 atom stereocenters. The number of esters is 1. The predicted octanol–water partition coefficient (Wildman–Crippen LogP) is 23.9. The molecule has 0 aromatic heterocycles. The first-order valence-corrected chi connectivity index (χ1v) is 36.8. The van der Waals surface area contributed by atoms with Crippen molar-refractivity contribution < 1.29 is 24.5 Å². The number of ether oxygens (including phenoxy) is 1. The van der Waals surface area contributed by atoms with Gasteiger partial charge in [0.05, 0.1) is 25.4 Å². The molecule has 0 aromatic carbocycles. The molecule has 81 heavy (non-hydrogen) atoms. The summed E-state index contributed by atoms with van der Waals surface area (Å²) in [6.45, 7) is 4.92. The van der Waals surface area contributed by atoms with E-state index in [1.54, 1.807) is 6.08 Å². The Morgan fingerprint density at radius 1 is 0.346 bits per heavy atom. The van der Waals surface area contributed by atoms with Crippen LogP contribution >= 0.6 is 0 Å². The number of rotatable bonds is 69. The van der Waals surface area contributed by atoms with Gasteiger partial charge >= 0.3 is 5.97 Å². The van der Waals surface area contributed by atoms with Crippen LogP contribution in [0.4, 0.5) is 0 Å². The van der Waals surface area contributed by atoms with Gasteiger partial charge in [-0.3, -0.25) is 9.59 Å². The third kappa shape index (κ3) is 67.1. The van der Waals surface area contributed by atoms with Crippen LogP contribution in [0.1, 0.15) is 406 Å². The highest BCUT2D eigenvalue weighted by molar-refractivity contribution is 5.76. The fraction of sp³-hybridized carbons (Fsp3) is 0.893. The van der Waals surface area contributed by atoms with Gasteiger partial charge in [-0.25, -0.2) is 0 Å². The number of aliphatic hydroxyl groups is 2. The van der Waals surface area contributed by atoms with Crippen LogP contribution < -0.4 is 5.32 Å². The average Bonchev–Trinajstić information content (AvgIpc) is 3.47. The van der Waals surface area contributed by atoms with E-state index in [4.69, 9.17) is 4.74 Å². The second kappa shape index (κ2) is 70.6. The smallest absolute Gasteiger partial charge is 0.305 e. The maximum Gasteiger partial charge on any atom is 0.305 e. The Bertz CT molecular complexity index is 1310. The van der Waals surface area contributed by atoms with Gasteiger partial charge in [0.1, 0.15) is 0 Å². The van der Waals surface area contributed by atoms with Gasteiger partial charge in [0.2, 0.25) is 5.91 Å². The largest absolute Gasteiger partial charge is 0.466 e. The number of carbonyl (C=O) groups excluding carboxylic acids is 2. The first kappa shape index (κ1) is 79.1. The van der Waals surface area contributed by atoms with Crippen LogP contribution in [0.5, 0.6) is 0 Å². The van der Waals surface area contributed by atoms with Crippen molar-refractivity contribution in [3.8, 4) is 0 Å². The third-order valence-corrected chi connectivity index (χ3v) is 17.2. The molecule has 0 spiro atoms. The van der Waals surface area contributed by atoms with Crippen LogP contribution in [0.15, 0.2) is 36.5 Å². The van der Waals surface area contributed by atoms with Crippen LogP contribution in [0, 0.1) is 0 Å². The first-order chi connectivity index (χ1) is 40.0. The molecule has 0 heterocycles. The predicted molar refractivity (Wildman–Crippen MR) is 356 cm³/mol. The van der Waals surface area contributed by atoms with Gasteiger partial charge in [-0.1, -0.05) is 365 Å². The molecule has 0 aromatic rings. The van der Waals surface area contributed by atoms with E-state index >= 15 is 0 Å². The number of hydrogen-bond acceptors (Lipinski definition) is 5. The van der Waals surface area contributed by atoms with Gasteiger partial charge in [0.15, 0.2) is 0 Å². The second-order valence-corrected chi connectivity index (χ2v) is 25.3. The Morgan fingerprint density at radius 3 is 0.951 bits per heavy atom. The normalized spacial score (nSPS) is 12.7. The molecule has 0 radical (unpaired) electrons. The van der Waals surface area contributed by atoms with Gasteiger partial charge in [0, 0.05) is 12.8 Å². The van der Waals surface area contributed by atoms with Gasteiger partial charge in [-0.05, 0) is 64.2 Å². The quantitative estimate of drug-likeness (QED) is 0.0320. The summed E-state index contributed by atoms with van der Waals surface area (Å²) in [4.78, 5) is 24.6. The van der Waals surface area contributed by atoms with Crippen molar-refractivity contribution >= 4 is 11.9 Å². The van der Waals surface area contributed by atoms with E-state index in [9.17, 15) is 19.8 Å². The molecule has 0 aliphatic rings. The summed E-state index contributed by atoms with van der Waals surface area (Å²) in [7, 11) is 0. The summed E-state index contributed by atoms with van der Waals surface area (Å²) in [5.74, 6) is -0.0557. The standard InChI is InChI=1S/C75H143NO5/c1-3-5-7-9-11-13-15-17-19-21-22-33-36-39-43-47-51-55-59-63-67-73(78)72(71-77)76-74(79)68-64-60-56-52-48-44-40-37-34-31-29-27-25-23-24-26-28-30-32-35-38-42-46-50-54-58-62-66-70-81-75(80)69-65-61-57-53-49-45-41-20-18-16-14-12-10-8-6-4-2/h14,16,20,41,63,67,72-73,77-78H,3-13,15,17-19,21-40,42-62,64-66,68-71H2,1-2H3,(H,76,79)/b16-14-,41-20-,67-63+. The van der Waals surface area contributed by atoms with Crippen LogP contribution in [0.3, 0.4) is 0 Å². The number of aliphatic hydroxyl groups excluding tert-OH is 2. The molecular weight excluding hydrogens is 995 g/mol. The van der Waals surface area contributed by atoms with Crippen LogP contribution in [-0.4, -0.2) is 47.4 Å². The number of nitrogens with one attached hydrogen (secondary N) is 1. The molecule has 1 amide bonds. The fourth-order valence-electron chi connectivity index (χ4n) is 11.6. The molecule has 478 valence electrons. The topological polar surface area (TPSA) is 95.9 Å². The highest BCUT2D eigenvalue weighted by atomic mass is 16.5. The van der Waals surface area contributed by atoms with Crippen molar-refractivity contribution in [3.63, 3.8) is 0 Å². The maximum absolute atomic E-state index is 12.5. The summed E-state index contributed by atoms with van der Waals surface area (Å²) in [6, 6.07) is -0.627. The van der Waals surface area contributed by atoms with Crippen molar-refractivity contribution in [3.05, 3.63) is 36.5 Å². The summed E-state index contributed by atoms with van der Waals surface area (Å²) in [6.07, 6.45) is 90.9. The second-order valence-electron chi connectivity index (χ2n) is 25.3. The minimum Gasteiger partial charge on any atom is -0.466 e. The Hall–Kier alpha value is -1.92. The van der Waals surface area contributed by atoms with Gasteiger partial charge in [-0.2, -0.15) is 0 Å². The lowest BCUT2D eigenvalue weighted by atomic mass is 10.0. The molecule has 2 unspecified atom stereocenters. The Morgan fingerprint density at radius 2 is 0.617 bits per heavy atom. The highest BCUT2D eigenvalue weighted by Crippen LogP contribution is 2.19. The van der Waals surface area contributed by atoms with Crippen molar-refractivity contribution in [1.82, 2.24) is 5.32 Å².